The fourth-order valence-electron chi connectivity index (χ4n) is 3.10. The van der Waals surface area contributed by atoms with Crippen molar-refractivity contribution >= 4 is 53.1 Å². The minimum atomic E-state index is 0. The summed E-state index contributed by atoms with van der Waals surface area (Å²) in [5, 5.41) is 8.04. The minimum Gasteiger partial charge on any atom is -0.381 e. The van der Waals surface area contributed by atoms with Crippen molar-refractivity contribution in [1.82, 2.24) is 10.6 Å². The van der Waals surface area contributed by atoms with Crippen molar-refractivity contribution in [3.05, 3.63) is 33.8 Å². The third kappa shape index (κ3) is 9.03. The van der Waals surface area contributed by atoms with Crippen molar-refractivity contribution in [1.29, 1.82) is 0 Å². The molecule has 1 unspecified atom stereocenters. The number of nitrogens with one attached hydrogen (secondary N) is 2. The summed E-state index contributed by atoms with van der Waals surface area (Å²) in [4.78, 5) is 4.26. The van der Waals surface area contributed by atoms with E-state index in [0.717, 1.165) is 63.8 Å². The number of ether oxygens (including phenoxy) is 2. The van der Waals surface area contributed by atoms with E-state index in [0.29, 0.717) is 22.5 Å². The third-order valence-electron chi connectivity index (χ3n) is 4.74. The van der Waals surface area contributed by atoms with Gasteiger partial charge in [-0.3, -0.25) is 4.99 Å². The standard InChI is InChI=1S/C20H31Cl2N3O2.HI/c1-15(19-17(21)5-3-6-18(19)22)13-25-20(23-2)24-9-4-10-27-14-16-7-11-26-12-8-16;/h3,5-6,15-16H,4,7-14H2,1-2H3,(H2,23,24,25);1H. The zero-order chi connectivity index (χ0) is 19.5. The van der Waals surface area contributed by atoms with Crippen molar-refractivity contribution in [3.63, 3.8) is 0 Å². The summed E-state index contributed by atoms with van der Waals surface area (Å²) < 4.78 is 11.1. The fourth-order valence-corrected chi connectivity index (χ4v) is 3.87. The van der Waals surface area contributed by atoms with Gasteiger partial charge in [0.15, 0.2) is 5.96 Å². The summed E-state index contributed by atoms with van der Waals surface area (Å²) in [5.41, 5.74) is 0.963. The van der Waals surface area contributed by atoms with Crippen LogP contribution in [-0.2, 0) is 9.47 Å². The first kappa shape index (κ1) is 25.8. The normalized spacial score (nSPS) is 16.4. The van der Waals surface area contributed by atoms with Crippen LogP contribution in [-0.4, -0.2) is 52.5 Å². The predicted molar refractivity (Wildman–Crippen MR) is 129 cm³/mol. The molecule has 0 aromatic heterocycles. The highest BCUT2D eigenvalue weighted by Crippen LogP contribution is 2.30. The summed E-state index contributed by atoms with van der Waals surface area (Å²) in [6, 6.07) is 5.60. The van der Waals surface area contributed by atoms with Gasteiger partial charge >= 0.3 is 0 Å². The van der Waals surface area contributed by atoms with E-state index in [1.807, 2.05) is 18.2 Å². The van der Waals surface area contributed by atoms with Gasteiger partial charge in [0.2, 0.25) is 0 Å². The van der Waals surface area contributed by atoms with Gasteiger partial charge in [0.05, 0.1) is 0 Å². The molecule has 1 atom stereocenters. The lowest BCUT2D eigenvalue weighted by Gasteiger charge is -2.21. The van der Waals surface area contributed by atoms with Crippen LogP contribution in [0, 0.1) is 5.92 Å². The Hall–Kier alpha value is -0.280. The maximum absolute atomic E-state index is 6.28. The van der Waals surface area contributed by atoms with Crippen LogP contribution < -0.4 is 10.6 Å². The smallest absolute Gasteiger partial charge is 0.190 e. The molecule has 8 heteroatoms. The van der Waals surface area contributed by atoms with E-state index in [1.165, 1.54) is 0 Å². The second-order valence-electron chi connectivity index (χ2n) is 6.90. The maximum Gasteiger partial charge on any atom is 0.190 e. The van der Waals surface area contributed by atoms with E-state index < -0.39 is 0 Å². The Bertz CT molecular complexity index is 579. The number of hydrogen-bond acceptors (Lipinski definition) is 3. The van der Waals surface area contributed by atoms with E-state index in [2.05, 4.69) is 22.5 Å². The molecule has 1 saturated heterocycles. The Kier molecular flexibility index (Phi) is 13.5. The van der Waals surface area contributed by atoms with E-state index in [4.69, 9.17) is 32.7 Å². The lowest BCUT2D eigenvalue weighted by Crippen LogP contribution is -2.39. The Morgan fingerprint density at radius 2 is 1.93 bits per heavy atom. The van der Waals surface area contributed by atoms with E-state index >= 15 is 0 Å². The van der Waals surface area contributed by atoms with Crippen LogP contribution in [0.25, 0.3) is 0 Å². The molecular formula is C20H32Cl2IN3O2. The highest BCUT2D eigenvalue weighted by atomic mass is 127. The van der Waals surface area contributed by atoms with E-state index in [-0.39, 0.29) is 29.9 Å². The van der Waals surface area contributed by atoms with E-state index in [1.54, 1.807) is 7.05 Å². The Morgan fingerprint density at radius 3 is 2.57 bits per heavy atom. The van der Waals surface area contributed by atoms with Crippen LogP contribution >= 0.6 is 47.2 Å². The van der Waals surface area contributed by atoms with Crippen molar-refractivity contribution in [2.24, 2.45) is 10.9 Å². The molecule has 1 aliphatic rings. The van der Waals surface area contributed by atoms with Gasteiger partial charge in [0.25, 0.3) is 0 Å². The molecule has 0 bridgehead atoms. The largest absolute Gasteiger partial charge is 0.381 e. The van der Waals surface area contributed by atoms with Gasteiger partial charge < -0.3 is 20.1 Å². The van der Waals surface area contributed by atoms with Crippen molar-refractivity contribution in [2.75, 3.05) is 46.6 Å². The van der Waals surface area contributed by atoms with Gasteiger partial charge in [-0.05, 0) is 42.9 Å². The van der Waals surface area contributed by atoms with Gasteiger partial charge in [-0.15, -0.1) is 24.0 Å². The number of nitrogens with zero attached hydrogens (tertiary/aromatic N) is 1. The third-order valence-corrected chi connectivity index (χ3v) is 5.40. The van der Waals surface area contributed by atoms with Crippen LogP contribution in [0.5, 0.6) is 0 Å². The van der Waals surface area contributed by atoms with Crippen LogP contribution in [0.1, 0.15) is 37.7 Å². The zero-order valence-electron chi connectivity index (χ0n) is 16.7. The molecule has 1 aromatic carbocycles. The lowest BCUT2D eigenvalue weighted by atomic mass is 10.0. The molecule has 1 aliphatic heterocycles. The molecule has 0 radical (unpaired) electrons. The molecule has 0 saturated carbocycles. The number of hydrogen-bond donors (Lipinski definition) is 2. The Balaban J connectivity index is 0.00000392. The molecule has 1 heterocycles. The van der Waals surface area contributed by atoms with Crippen molar-refractivity contribution in [3.8, 4) is 0 Å². The first-order valence-electron chi connectivity index (χ1n) is 9.65. The Morgan fingerprint density at radius 1 is 1.25 bits per heavy atom. The average Bonchev–Trinajstić information content (AvgIpc) is 2.67. The van der Waals surface area contributed by atoms with E-state index in [9.17, 15) is 0 Å². The molecule has 0 amide bonds. The molecule has 2 N–H and O–H groups in total. The molecule has 1 aromatic rings. The molecule has 2 rings (SSSR count). The van der Waals surface area contributed by atoms with Crippen LogP contribution in [0.15, 0.2) is 23.2 Å². The van der Waals surface area contributed by atoms with Crippen LogP contribution in [0.4, 0.5) is 0 Å². The summed E-state index contributed by atoms with van der Waals surface area (Å²) in [5.74, 6) is 1.60. The number of guanidine groups is 1. The molecule has 5 nitrogen and oxygen atoms in total. The highest BCUT2D eigenvalue weighted by molar-refractivity contribution is 14.0. The zero-order valence-corrected chi connectivity index (χ0v) is 20.5. The maximum atomic E-state index is 6.28. The Labute approximate surface area is 196 Å². The topological polar surface area (TPSA) is 54.9 Å². The molecule has 28 heavy (non-hydrogen) atoms. The fraction of sp³-hybridized carbons (Fsp3) is 0.650. The summed E-state index contributed by atoms with van der Waals surface area (Å²) in [7, 11) is 1.77. The van der Waals surface area contributed by atoms with Gasteiger partial charge in [-0.25, -0.2) is 0 Å². The second kappa shape index (κ2) is 14.7. The minimum absolute atomic E-state index is 0. The predicted octanol–water partition coefficient (Wildman–Crippen LogP) is 4.71. The SMILES string of the molecule is CN=C(NCCCOCC1CCOCC1)NCC(C)c1c(Cl)cccc1Cl.I. The summed E-state index contributed by atoms with van der Waals surface area (Å²) in [6.07, 6.45) is 3.17. The number of rotatable bonds is 9. The van der Waals surface area contributed by atoms with Gasteiger partial charge in [-0.2, -0.15) is 0 Å². The van der Waals surface area contributed by atoms with Crippen molar-refractivity contribution < 1.29 is 9.47 Å². The van der Waals surface area contributed by atoms with Gasteiger partial charge in [0, 0.05) is 62.5 Å². The van der Waals surface area contributed by atoms with Gasteiger partial charge in [-0.1, -0.05) is 36.2 Å². The molecule has 0 spiro atoms. The van der Waals surface area contributed by atoms with Gasteiger partial charge in [0.1, 0.15) is 0 Å². The second-order valence-corrected chi connectivity index (χ2v) is 7.71. The van der Waals surface area contributed by atoms with Crippen LogP contribution in [0.2, 0.25) is 10.0 Å². The highest BCUT2D eigenvalue weighted by Gasteiger charge is 2.15. The average molecular weight is 544 g/mol. The molecular weight excluding hydrogens is 512 g/mol. The molecule has 160 valence electrons. The number of aliphatic imine (C=N–C) groups is 1. The summed E-state index contributed by atoms with van der Waals surface area (Å²) in [6.45, 7) is 6.94. The quantitative estimate of drug-likeness (QED) is 0.205. The number of benzene rings is 1. The van der Waals surface area contributed by atoms with Crippen molar-refractivity contribution in [2.45, 2.75) is 32.1 Å². The first-order chi connectivity index (χ1) is 13.1. The monoisotopic (exact) mass is 543 g/mol. The first-order valence-corrected chi connectivity index (χ1v) is 10.4. The molecule has 0 aliphatic carbocycles. The van der Waals surface area contributed by atoms with Crippen LogP contribution in [0.3, 0.4) is 0 Å². The number of halogens is 3. The summed E-state index contributed by atoms with van der Waals surface area (Å²) >= 11 is 12.6. The molecule has 1 fully saturated rings. The lowest BCUT2D eigenvalue weighted by molar-refractivity contribution is 0.0203.